The summed E-state index contributed by atoms with van der Waals surface area (Å²) in [5, 5.41) is 3.70. The van der Waals surface area contributed by atoms with Crippen molar-refractivity contribution >= 4 is 46.8 Å². The number of hydrogen-bond acceptors (Lipinski definition) is 3. The monoisotopic (exact) mass is 363 g/mol. The topological polar surface area (TPSA) is 55.4 Å². The van der Waals surface area contributed by atoms with Gasteiger partial charge >= 0.3 is 5.97 Å². The van der Waals surface area contributed by atoms with Crippen molar-refractivity contribution in [2.24, 2.45) is 0 Å². The predicted octanol–water partition coefficient (Wildman–Crippen LogP) is 4.58. The van der Waals surface area contributed by atoms with Crippen LogP contribution < -0.4 is 5.32 Å². The van der Waals surface area contributed by atoms with Crippen LogP contribution in [0.1, 0.15) is 12.5 Å². The Balaban J connectivity index is 1.89. The van der Waals surface area contributed by atoms with Crippen molar-refractivity contribution in [1.29, 1.82) is 0 Å². The van der Waals surface area contributed by atoms with Crippen molar-refractivity contribution in [3.05, 3.63) is 70.2 Å². The Morgan fingerprint density at radius 2 is 1.75 bits per heavy atom. The minimum Gasteiger partial charge on any atom is -0.449 e. The molecule has 4 nitrogen and oxygen atoms in total. The molecule has 0 aliphatic carbocycles. The van der Waals surface area contributed by atoms with Crippen molar-refractivity contribution in [3.63, 3.8) is 0 Å². The molecule has 0 aromatic heterocycles. The third-order valence-corrected chi connectivity index (χ3v) is 3.49. The summed E-state index contributed by atoms with van der Waals surface area (Å²) >= 11 is 11.7. The highest BCUT2D eigenvalue weighted by molar-refractivity contribution is 6.31. The number of hydrogen-bond donors (Lipinski definition) is 1. The van der Waals surface area contributed by atoms with E-state index in [0.29, 0.717) is 15.7 Å². The average Bonchev–Trinajstić information content (AvgIpc) is 2.53. The van der Waals surface area contributed by atoms with E-state index in [0.717, 1.165) is 5.56 Å². The van der Waals surface area contributed by atoms with Crippen LogP contribution in [0.3, 0.4) is 0 Å². The molecule has 0 saturated heterocycles. The summed E-state index contributed by atoms with van der Waals surface area (Å²) in [6.45, 7) is 1.49. The second-order valence-electron chi connectivity index (χ2n) is 4.97. The van der Waals surface area contributed by atoms with Gasteiger partial charge in [-0.25, -0.2) is 4.79 Å². The lowest BCUT2D eigenvalue weighted by Gasteiger charge is -2.12. The summed E-state index contributed by atoms with van der Waals surface area (Å²) in [4.78, 5) is 23.8. The van der Waals surface area contributed by atoms with Crippen LogP contribution in [0.15, 0.2) is 54.6 Å². The maximum atomic E-state index is 12.0. The van der Waals surface area contributed by atoms with Crippen LogP contribution in [0.5, 0.6) is 0 Å². The molecular formula is C18H15Cl2NO3. The highest BCUT2D eigenvalue weighted by atomic mass is 35.5. The molecule has 2 aromatic rings. The fourth-order valence-electron chi connectivity index (χ4n) is 1.85. The van der Waals surface area contributed by atoms with Gasteiger partial charge in [0.1, 0.15) is 0 Å². The zero-order valence-electron chi connectivity index (χ0n) is 12.8. The zero-order chi connectivity index (χ0) is 17.5. The Labute approximate surface area is 150 Å². The van der Waals surface area contributed by atoms with E-state index in [1.54, 1.807) is 54.6 Å². The molecule has 0 spiro atoms. The van der Waals surface area contributed by atoms with E-state index in [-0.39, 0.29) is 0 Å². The number of halogens is 2. The molecule has 124 valence electrons. The van der Waals surface area contributed by atoms with Crippen molar-refractivity contribution in [3.8, 4) is 0 Å². The van der Waals surface area contributed by atoms with Gasteiger partial charge < -0.3 is 10.1 Å². The van der Waals surface area contributed by atoms with Gasteiger partial charge in [-0.15, -0.1) is 0 Å². The lowest BCUT2D eigenvalue weighted by atomic mass is 10.2. The van der Waals surface area contributed by atoms with Gasteiger partial charge in [-0.1, -0.05) is 41.4 Å². The van der Waals surface area contributed by atoms with Crippen LogP contribution in [0.25, 0.3) is 6.08 Å². The van der Waals surface area contributed by atoms with Crippen LogP contribution in [0, 0.1) is 0 Å². The van der Waals surface area contributed by atoms with E-state index in [4.69, 9.17) is 27.9 Å². The molecule has 1 atom stereocenters. The smallest absolute Gasteiger partial charge is 0.331 e. The first-order chi connectivity index (χ1) is 11.4. The van der Waals surface area contributed by atoms with E-state index in [1.165, 1.54) is 13.0 Å². The second kappa shape index (κ2) is 8.52. The number of ether oxygens (including phenoxy) is 1. The van der Waals surface area contributed by atoms with Crippen molar-refractivity contribution in [2.75, 3.05) is 5.32 Å². The molecular weight excluding hydrogens is 349 g/mol. The largest absolute Gasteiger partial charge is 0.449 e. The van der Waals surface area contributed by atoms with Gasteiger partial charge in [-0.05, 0) is 48.9 Å². The number of benzene rings is 2. The van der Waals surface area contributed by atoms with Crippen LogP contribution in [-0.2, 0) is 14.3 Å². The number of anilines is 1. The van der Waals surface area contributed by atoms with Gasteiger partial charge in [0.05, 0.1) is 0 Å². The fraction of sp³-hybridized carbons (Fsp3) is 0.111. The molecule has 2 rings (SSSR count). The first-order valence-corrected chi connectivity index (χ1v) is 7.90. The summed E-state index contributed by atoms with van der Waals surface area (Å²) in [5.74, 6) is -1.06. The Morgan fingerprint density at radius 1 is 1.08 bits per heavy atom. The SMILES string of the molecule is C[C@@H](OC(=O)/C=C/c1cccc(Cl)c1)C(=O)Nc1cccc(Cl)c1. The van der Waals surface area contributed by atoms with Crippen LogP contribution in [-0.4, -0.2) is 18.0 Å². The Kier molecular flexibility index (Phi) is 6.41. The van der Waals surface area contributed by atoms with Crippen molar-refractivity contribution < 1.29 is 14.3 Å². The number of rotatable bonds is 5. The average molecular weight is 364 g/mol. The molecule has 0 aliphatic rings. The summed E-state index contributed by atoms with van der Waals surface area (Å²) in [6.07, 6.45) is 1.87. The first-order valence-electron chi connectivity index (χ1n) is 7.15. The number of esters is 1. The molecule has 6 heteroatoms. The van der Waals surface area contributed by atoms with Crippen LogP contribution in [0.2, 0.25) is 10.0 Å². The van der Waals surface area contributed by atoms with Crippen molar-refractivity contribution in [1.82, 2.24) is 0 Å². The molecule has 24 heavy (non-hydrogen) atoms. The fourth-order valence-corrected chi connectivity index (χ4v) is 2.24. The minimum absolute atomic E-state index is 0.443. The van der Waals surface area contributed by atoms with Gasteiger partial charge in [-0.2, -0.15) is 0 Å². The van der Waals surface area contributed by atoms with Crippen molar-refractivity contribution in [2.45, 2.75) is 13.0 Å². The molecule has 0 radical (unpaired) electrons. The van der Waals surface area contributed by atoms with Gasteiger partial charge in [0.15, 0.2) is 6.10 Å². The standard InChI is InChI=1S/C18H15Cl2NO3/c1-12(18(23)21-16-7-3-6-15(20)11-16)24-17(22)9-8-13-4-2-5-14(19)10-13/h2-12H,1H3,(H,21,23)/b9-8+/t12-/m1/s1. The quantitative estimate of drug-likeness (QED) is 0.624. The van der Waals surface area contributed by atoms with Crippen LogP contribution >= 0.6 is 23.2 Å². The lowest BCUT2D eigenvalue weighted by Crippen LogP contribution is -2.29. The van der Waals surface area contributed by atoms with E-state index < -0.39 is 18.0 Å². The minimum atomic E-state index is -0.944. The Hall–Kier alpha value is -2.30. The van der Waals surface area contributed by atoms with Gasteiger partial charge in [0.25, 0.3) is 5.91 Å². The predicted molar refractivity (Wildman–Crippen MR) is 96.1 cm³/mol. The van der Waals surface area contributed by atoms with Gasteiger partial charge in [0, 0.05) is 21.8 Å². The highest BCUT2D eigenvalue weighted by Crippen LogP contribution is 2.15. The number of carbonyl (C=O) groups is 2. The lowest BCUT2D eigenvalue weighted by molar-refractivity contribution is -0.148. The molecule has 0 saturated carbocycles. The molecule has 0 bridgehead atoms. The molecule has 1 N–H and O–H groups in total. The molecule has 0 unspecified atom stereocenters. The molecule has 0 fully saturated rings. The highest BCUT2D eigenvalue weighted by Gasteiger charge is 2.16. The Morgan fingerprint density at radius 3 is 2.42 bits per heavy atom. The van der Waals surface area contributed by atoms with E-state index >= 15 is 0 Å². The number of nitrogens with one attached hydrogen (secondary N) is 1. The third-order valence-electron chi connectivity index (χ3n) is 3.01. The maximum Gasteiger partial charge on any atom is 0.331 e. The van der Waals surface area contributed by atoms with E-state index in [1.807, 2.05) is 0 Å². The van der Waals surface area contributed by atoms with Gasteiger partial charge in [-0.3, -0.25) is 4.79 Å². The number of amides is 1. The van der Waals surface area contributed by atoms with E-state index in [9.17, 15) is 9.59 Å². The molecule has 2 aromatic carbocycles. The summed E-state index contributed by atoms with van der Waals surface area (Å²) in [5.41, 5.74) is 1.29. The molecule has 1 amide bonds. The van der Waals surface area contributed by atoms with Gasteiger partial charge in [0.2, 0.25) is 0 Å². The summed E-state index contributed by atoms with van der Waals surface area (Å²) in [7, 11) is 0. The zero-order valence-corrected chi connectivity index (χ0v) is 14.3. The van der Waals surface area contributed by atoms with Crippen LogP contribution in [0.4, 0.5) is 5.69 Å². The Bertz CT molecular complexity index is 774. The molecule has 0 heterocycles. The number of carbonyl (C=O) groups excluding carboxylic acids is 2. The first kappa shape index (κ1) is 18.0. The molecule has 0 aliphatic heterocycles. The second-order valence-corrected chi connectivity index (χ2v) is 5.84. The van der Waals surface area contributed by atoms with E-state index in [2.05, 4.69) is 5.32 Å². The normalized spacial score (nSPS) is 12.0. The third kappa shape index (κ3) is 5.72. The maximum absolute atomic E-state index is 12.0. The summed E-state index contributed by atoms with van der Waals surface area (Å²) < 4.78 is 5.06. The summed E-state index contributed by atoms with van der Waals surface area (Å²) in [6, 6.07) is 13.7.